The van der Waals surface area contributed by atoms with Gasteiger partial charge in [-0.3, -0.25) is 14.6 Å². The molecule has 1 aliphatic rings. The van der Waals surface area contributed by atoms with Gasteiger partial charge < -0.3 is 0 Å². The summed E-state index contributed by atoms with van der Waals surface area (Å²) in [7, 11) is 0. The highest BCUT2D eigenvalue weighted by Crippen LogP contribution is 2.19. The lowest BCUT2D eigenvalue weighted by atomic mass is 10.3. The van der Waals surface area contributed by atoms with Gasteiger partial charge in [-0.1, -0.05) is 12.8 Å². The molecule has 4 heteroatoms. The van der Waals surface area contributed by atoms with Gasteiger partial charge in [0.15, 0.2) is 0 Å². The lowest BCUT2D eigenvalue weighted by Crippen LogP contribution is -2.28. The smallest absolute Gasteiger partial charge is 0.270 e. The molecule has 0 saturated heterocycles. The van der Waals surface area contributed by atoms with Crippen LogP contribution in [0.4, 0.5) is 0 Å². The maximum absolute atomic E-state index is 11.5. The number of hydroxylamine groups is 1. The van der Waals surface area contributed by atoms with Crippen LogP contribution in [0.1, 0.15) is 36.0 Å². The molecule has 15 heavy (non-hydrogen) atoms. The van der Waals surface area contributed by atoms with E-state index in [9.17, 15) is 4.79 Å². The highest BCUT2D eigenvalue weighted by atomic mass is 16.7. The van der Waals surface area contributed by atoms with E-state index in [0.717, 1.165) is 12.8 Å². The lowest BCUT2D eigenvalue weighted by molar-refractivity contribution is -0.0124. The average Bonchev–Trinajstić information content (AvgIpc) is 2.80. The number of nitrogens with zero attached hydrogens (tertiary/aromatic N) is 1. The van der Waals surface area contributed by atoms with Crippen LogP contribution in [0.5, 0.6) is 0 Å². The van der Waals surface area contributed by atoms with Crippen LogP contribution < -0.4 is 5.48 Å². The van der Waals surface area contributed by atoms with E-state index >= 15 is 0 Å². The van der Waals surface area contributed by atoms with Crippen molar-refractivity contribution in [2.24, 2.45) is 0 Å². The quantitative estimate of drug-likeness (QED) is 0.765. The molecule has 2 rings (SSSR count). The van der Waals surface area contributed by atoms with Crippen molar-refractivity contribution in [3.63, 3.8) is 0 Å². The molecule has 1 aromatic heterocycles. The molecule has 1 N–H and O–H groups in total. The second kappa shape index (κ2) is 4.89. The molecule has 4 nitrogen and oxygen atoms in total. The van der Waals surface area contributed by atoms with E-state index in [2.05, 4.69) is 10.5 Å². The van der Waals surface area contributed by atoms with E-state index in [1.807, 2.05) is 0 Å². The maximum atomic E-state index is 11.5. The zero-order chi connectivity index (χ0) is 10.5. The molecule has 1 saturated carbocycles. The van der Waals surface area contributed by atoms with E-state index in [4.69, 9.17) is 4.84 Å². The highest BCUT2D eigenvalue weighted by molar-refractivity contribution is 5.93. The number of carbonyl (C=O) groups excluding carboxylic acids is 1. The van der Waals surface area contributed by atoms with Crippen LogP contribution in [0.25, 0.3) is 0 Å². The molecular formula is C11H14N2O2. The molecule has 0 atom stereocenters. The average molecular weight is 206 g/mol. The molecule has 0 aromatic carbocycles. The van der Waals surface area contributed by atoms with Crippen molar-refractivity contribution in [3.05, 3.63) is 30.1 Å². The van der Waals surface area contributed by atoms with Crippen LogP contribution in [0.15, 0.2) is 24.5 Å². The summed E-state index contributed by atoms with van der Waals surface area (Å²) >= 11 is 0. The fourth-order valence-corrected chi connectivity index (χ4v) is 1.71. The Labute approximate surface area is 88.6 Å². The molecule has 1 aromatic rings. The van der Waals surface area contributed by atoms with Crippen molar-refractivity contribution in [1.82, 2.24) is 10.5 Å². The standard InChI is InChI=1S/C11H14N2O2/c14-11(9-5-7-12-8-6-9)13-15-10-3-1-2-4-10/h5-8,10H,1-4H2,(H,13,14). The molecule has 1 amide bonds. The number of rotatable bonds is 3. The number of pyridine rings is 1. The van der Waals surface area contributed by atoms with Gasteiger partial charge >= 0.3 is 0 Å². The fraction of sp³-hybridized carbons (Fsp3) is 0.455. The summed E-state index contributed by atoms with van der Waals surface area (Å²) in [5.41, 5.74) is 3.05. The van der Waals surface area contributed by atoms with E-state index in [0.29, 0.717) is 5.56 Å². The molecular weight excluding hydrogens is 192 g/mol. The Morgan fingerprint density at radius 3 is 2.67 bits per heavy atom. The Balaban J connectivity index is 1.82. The zero-order valence-electron chi connectivity index (χ0n) is 8.48. The SMILES string of the molecule is O=C(NOC1CCCC1)c1ccncc1. The number of carbonyl (C=O) groups is 1. The van der Waals surface area contributed by atoms with E-state index in [1.165, 1.54) is 12.8 Å². The van der Waals surface area contributed by atoms with Gasteiger partial charge in [0.2, 0.25) is 0 Å². The minimum Gasteiger partial charge on any atom is -0.270 e. The first-order valence-electron chi connectivity index (χ1n) is 5.22. The third-order valence-corrected chi connectivity index (χ3v) is 2.56. The summed E-state index contributed by atoms with van der Waals surface area (Å²) in [6, 6.07) is 3.32. The molecule has 0 spiro atoms. The molecule has 0 aliphatic heterocycles. The van der Waals surface area contributed by atoms with E-state index in [-0.39, 0.29) is 12.0 Å². The van der Waals surface area contributed by atoms with Gasteiger partial charge in [-0.2, -0.15) is 0 Å². The third kappa shape index (κ3) is 2.76. The van der Waals surface area contributed by atoms with Gasteiger partial charge in [0.25, 0.3) is 5.91 Å². The predicted molar refractivity (Wildman–Crippen MR) is 55.0 cm³/mol. The number of hydrogen-bond donors (Lipinski definition) is 1. The summed E-state index contributed by atoms with van der Waals surface area (Å²) in [4.78, 5) is 20.7. The first-order valence-corrected chi connectivity index (χ1v) is 5.22. The highest BCUT2D eigenvalue weighted by Gasteiger charge is 2.17. The second-order valence-electron chi connectivity index (χ2n) is 3.69. The van der Waals surface area contributed by atoms with Crippen molar-refractivity contribution in [1.29, 1.82) is 0 Å². The van der Waals surface area contributed by atoms with Crippen LogP contribution in [-0.2, 0) is 4.84 Å². The number of hydrogen-bond acceptors (Lipinski definition) is 3. The summed E-state index contributed by atoms with van der Waals surface area (Å²) in [5, 5.41) is 0. The predicted octanol–water partition coefficient (Wildman–Crippen LogP) is 1.69. The Morgan fingerprint density at radius 1 is 1.33 bits per heavy atom. The summed E-state index contributed by atoms with van der Waals surface area (Å²) < 4.78 is 0. The summed E-state index contributed by atoms with van der Waals surface area (Å²) in [5.74, 6) is -0.204. The van der Waals surface area contributed by atoms with Crippen molar-refractivity contribution in [2.45, 2.75) is 31.8 Å². The first kappa shape index (κ1) is 10.1. The largest absolute Gasteiger partial charge is 0.274 e. The first-order chi connectivity index (χ1) is 7.36. The fourth-order valence-electron chi connectivity index (χ4n) is 1.71. The van der Waals surface area contributed by atoms with Crippen LogP contribution in [0.2, 0.25) is 0 Å². The number of amides is 1. The van der Waals surface area contributed by atoms with Crippen molar-refractivity contribution >= 4 is 5.91 Å². The van der Waals surface area contributed by atoms with Gasteiger partial charge in [0, 0.05) is 18.0 Å². The maximum Gasteiger partial charge on any atom is 0.274 e. The van der Waals surface area contributed by atoms with Crippen LogP contribution >= 0.6 is 0 Å². The van der Waals surface area contributed by atoms with Crippen LogP contribution in [0.3, 0.4) is 0 Å². The van der Waals surface area contributed by atoms with Crippen LogP contribution in [-0.4, -0.2) is 17.0 Å². The Hall–Kier alpha value is -1.42. The Kier molecular flexibility index (Phi) is 3.29. The lowest BCUT2D eigenvalue weighted by Gasteiger charge is -2.10. The van der Waals surface area contributed by atoms with Crippen molar-refractivity contribution in [2.75, 3.05) is 0 Å². The molecule has 1 aliphatic carbocycles. The minimum absolute atomic E-state index is 0.191. The molecule has 1 fully saturated rings. The van der Waals surface area contributed by atoms with Crippen molar-refractivity contribution in [3.8, 4) is 0 Å². The van der Waals surface area contributed by atoms with Crippen LogP contribution in [0, 0.1) is 0 Å². The topological polar surface area (TPSA) is 51.2 Å². The number of nitrogens with one attached hydrogen (secondary N) is 1. The third-order valence-electron chi connectivity index (χ3n) is 2.56. The van der Waals surface area contributed by atoms with E-state index in [1.54, 1.807) is 24.5 Å². The normalized spacial score (nSPS) is 16.5. The van der Waals surface area contributed by atoms with Gasteiger partial charge in [0.05, 0.1) is 6.10 Å². The monoisotopic (exact) mass is 206 g/mol. The van der Waals surface area contributed by atoms with Gasteiger partial charge in [0.1, 0.15) is 0 Å². The molecule has 0 bridgehead atoms. The van der Waals surface area contributed by atoms with Crippen molar-refractivity contribution < 1.29 is 9.63 Å². The number of aromatic nitrogens is 1. The van der Waals surface area contributed by atoms with Gasteiger partial charge in [-0.05, 0) is 25.0 Å². The molecule has 0 unspecified atom stereocenters. The minimum atomic E-state index is -0.204. The Bertz CT molecular complexity index is 321. The molecule has 0 radical (unpaired) electrons. The summed E-state index contributed by atoms with van der Waals surface area (Å²) in [6.45, 7) is 0. The summed E-state index contributed by atoms with van der Waals surface area (Å²) in [6.07, 6.45) is 7.82. The van der Waals surface area contributed by atoms with Gasteiger partial charge in [-0.15, -0.1) is 0 Å². The van der Waals surface area contributed by atoms with Gasteiger partial charge in [-0.25, -0.2) is 5.48 Å². The zero-order valence-corrected chi connectivity index (χ0v) is 8.48. The molecule has 80 valence electrons. The second-order valence-corrected chi connectivity index (χ2v) is 3.69. The Morgan fingerprint density at radius 2 is 2.00 bits per heavy atom. The van der Waals surface area contributed by atoms with E-state index < -0.39 is 0 Å². The molecule has 1 heterocycles.